The Morgan fingerprint density at radius 1 is 0.955 bits per heavy atom. The van der Waals surface area contributed by atoms with Crippen molar-refractivity contribution in [3.05, 3.63) is 25.3 Å². The van der Waals surface area contributed by atoms with Crippen molar-refractivity contribution in [2.75, 3.05) is 45.9 Å². The fourth-order valence-electron chi connectivity index (χ4n) is 2.43. The molecule has 130 valence electrons. The average molecular weight is 316 g/mol. The zero-order valence-corrected chi connectivity index (χ0v) is 13.9. The Morgan fingerprint density at radius 3 is 1.91 bits per heavy atom. The Kier molecular flexibility index (Phi) is 10.5. The topological polar surface area (TPSA) is 87.4 Å². The second-order valence-electron chi connectivity index (χ2n) is 6.16. The highest BCUT2D eigenvalue weighted by Gasteiger charge is 2.30. The number of β-amino-alcohol motifs (C(OH)–C–C–N with tert-alkyl or cyclic N) is 1. The van der Waals surface area contributed by atoms with Gasteiger partial charge in [0, 0.05) is 38.3 Å². The quantitative estimate of drug-likeness (QED) is 0.341. The zero-order valence-electron chi connectivity index (χ0n) is 13.9. The van der Waals surface area contributed by atoms with Crippen LogP contribution in [0.5, 0.6) is 0 Å². The van der Waals surface area contributed by atoms with Gasteiger partial charge in [0.2, 0.25) is 0 Å². The molecule has 0 aliphatic heterocycles. The first-order chi connectivity index (χ1) is 10.3. The van der Waals surface area contributed by atoms with Gasteiger partial charge < -0.3 is 20.4 Å². The van der Waals surface area contributed by atoms with Crippen LogP contribution in [0.1, 0.15) is 13.8 Å². The van der Waals surface area contributed by atoms with Crippen molar-refractivity contribution in [3.8, 4) is 0 Å². The van der Waals surface area contributed by atoms with Crippen molar-refractivity contribution >= 4 is 0 Å². The smallest absolute Gasteiger partial charge is 0.0897 e. The molecule has 0 aromatic rings. The van der Waals surface area contributed by atoms with Gasteiger partial charge in [0.05, 0.1) is 25.4 Å². The van der Waals surface area contributed by atoms with Gasteiger partial charge in [0.1, 0.15) is 0 Å². The lowest BCUT2D eigenvalue weighted by Crippen LogP contribution is -2.55. The molecule has 0 spiro atoms. The molecule has 0 rings (SSSR count). The van der Waals surface area contributed by atoms with Crippen LogP contribution < -0.4 is 0 Å². The molecule has 0 saturated heterocycles. The molecule has 0 fully saturated rings. The summed E-state index contributed by atoms with van der Waals surface area (Å²) in [4.78, 5) is 4.03. The summed E-state index contributed by atoms with van der Waals surface area (Å²) in [5, 5.41) is 37.4. The predicted molar refractivity (Wildman–Crippen MR) is 88.7 cm³/mol. The second-order valence-corrected chi connectivity index (χ2v) is 6.16. The Morgan fingerprint density at radius 2 is 1.45 bits per heavy atom. The molecular weight excluding hydrogens is 284 g/mol. The van der Waals surface area contributed by atoms with E-state index in [1.165, 1.54) is 0 Å². The molecule has 2 unspecified atom stereocenters. The normalized spacial score (nSPS) is 15.1. The number of nitrogens with zero attached hydrogens (tertiary/aromatic N) is 2. The summed E-state index contributed by atoms with van der Waals surface area (Å²) < 4.78 is 0. The van der Waals surface area contributed by atoms with Crippen LogP contribution in [0, 0.1) is 0 Å². The van der Waals surface area contributed by atoms with Crippen molar-refractivity contribution < 1.29 is 20.4 Å². The molecule has 0 aromatic heterocycles. The fraction of sp³-hybridized carbons (Fsp3) is 0.750. The molecule has 4 N–H and O–H groups in total. The van der Waals surface area contributed by atoms with Gasteiger partial charge in [0.15, 0.2) is 0 Å². The van der Waals surface area contributed by atoms with Gasteiger partial charge in [-0.25, -0.2) is 0 Å². The van der Waals surface area contributed by atoms with E-state index in [-0.39, 0.29) is 18.8 Å². The van der Waals surface area contributed by atoms with Crippen molar-refractivity contribution in [2.24, 2.45) is 0 Å². The summed E-state index contributed by atoms with van der Waals surface area (Å²) >= 11 is 0. The lowest BCUT2D eigenvalue weighted by Gasteiger charge is -2.42. The zero-order chi connectivity index (χ0) is 17.2. The third-order valence-electron chi connectivity index (χ3n) is 3.52. The van der Waals surface area contributed by atoms with Crippen LogP contribution in [0.3, 0.4) is 0 Å². The van der Waals surface area contributed by atoms with Crippen molar-refractivity contribution in [1.29, 1.82) is 0 Å². The lowest BCUT2D eigenvalue weighted by molar-refractivity contribution is 0.00439. The minimum Gasteiger partial charge on any atom is -0.394 e. The Bertz CT molecular complexity index is 323. The summed E-state index contributed by atoms with van der Waals surface area (Å²) in [5.74, 6) is 0. The highest BCUT2D eigenvalue weighted by Crippen LogP contribution is 2.17. The van der Waals surface area contributed by atoms with Gasteiger partial charge in [0.25, 0.3) is 0 Å². The van der Waals surface area contributed by atoms with E-state index in [0.717, 1.165) is 0 Å². The van der Waals surface area contributed by atoms with E-state index in [0.29, 0.717) is 32.7 Å². The Hall–Kier alpha value is -0.760. The molecule has 0 radical (unpaired) electrons. The Balaban J connectivity index is 4.92. The monoisotopic (exact) mass is 316 g/mol. The number of hydrogen-bond donors (Lipinski definition) is 4. The number of rotatable bonds is 13. The van der Waals surface area contributed by atoms with Crippen LogP contribution in [0.2, 0.25) is 0 Å². The van der Waals surface area contributed by atoms with Crippen molar-refractivity contribution in [3.63, 3.8) is 0 Å². The fourth-order valence-corrected chi connectivity index (χ4v) is 2.43. The number of aliphatic hydroxyl groups is 4. The number of hydrogen-bond acceptors (Lipinski definition) is 6. The summed E-state index contributed by atoms with van der Waals surface area (Å²) in [5.41, 5.74) is -0.317. The molecule has 0 aliphatic carbocycles. The lowest BCUT2D eigenvalue weighted by atomic mass is 10.0. The van der Waals surface area contributed by atoms with Crippen molar-refractivity contribution in [1.82, 2.24) is 9.80 Å². The third kappa shape index (κ3) is 8.03. The maximum Gasteiger partial charge on any atom is 0.0897 e. The van der Waals surface area contributed by atoms with E-state index in [1.807, 2.05) is 23.6 Å². The maximum absolute atomic E-state index is 9.71. The van der Waals surface area contributed by atoms with Crippen LogP contribution in [0.25, 0.3) is 0 Å². The largest absolute Gasteiger partial charge is 0.394 e. The van der Waals surface area contributed by atoms with Crippen LogP contribution >= 0.6 is 0 Å². The Labute approximate surface area is 134 Å². The highest BCUT2D eigenvalue weighted by molar-refractivity contribution is 4.91. The van der Waals surface area contributed by atoms with Gasteiger partial charge in [-0.15, -0.1) is 13.2 Å². The molecule has 6 heteroatoms. The van der Waals surface area contributed by atoms with Gasteiger partial charge in [-0.3, -0.25) is 9.80 Å². The van der Waals surface area contributed by atoms with Gasteiger partial charge in [-0.2, -0.15) is 0 Å². The summed E-state index contributed by atoms with van der Waals surface area (Å²) in [6.45, 7) is 13.4. The third-order valence-corrected chi connectivity index (χ3v) is 3.52. The molecular formula is C16H32N2O4. The van der Waals surface area contributed by atoms with Crippen LogP contribution in [-0.2, 0) is 0 Å². The van der Waals surface area contributed by atoms with Gasteiger partial charge in [-0.05, 0) is 13.8 Å². The summed E-state index contributed by atoms with van der Waals surface area (Å²) in [6.07, 6.45) is 1.90. The highest BCUT2D eigenvalue weighted by atomic mass is 16.3. The van der Waals surface area contributed by atoms with E-state index in [9.17, 15) is 10.2 Å². The molecule has 0 aromatic carbocycles. The van der Waals surface area contributed by atoms with Crippen LogP contribution in [0.15, 0.2) is 25.3 Å². The van der Waals surface area contributed by atoms with E-state index < -0.39 is 12.2 Å². The summed E-state index contributed by atoms with van der Waals surface area (Å²) in [6, 6.07) is 0. The van der Waals surface area contributed by atoms with E-state index in [1.54, 1.807) is 12.2 Å². The van der Waals surface area contributed by atoms with Gasteiger partial charge >= 0.3 is 0 Å². The molecule has 0 amide bonds. The van der Waals surface area contributed by atoms with Crippen LogP contribution in [0.4, 0.5) is 0 Å². The van der Waals surface area contributed by atoms with Crippen LogP contribution in [-0.4, -0.2) is 93.9 Å². The predicted octanol–water partition coefficient (Wildman–Crippen LogP) is -0.553. The molecule has 0 heterocycles. The minimum absolute atomic E-state index is 0.284. The molecule has 0 saturated carbocycles. The summed E-state index contributed by atoms with van der Waals surface area (Å²) in [7, 11) is 0. The van der Waals surface area contributed by atoms with Gasteiger partial charge in [-0.1, -0.05) is 12.2 Å². The van der Waals surface area contributed by atoms with Crippen molar-refractivity contribution in [2.45, 2.75) is 31.6 Å². The second kappa shape index (κ2) is 10.9. The molecule has 0 aliphatic rings. The first-order valence-electron chi connectivity index (χ1n) is 7.57. The SMILES string of the molecule is C=CCN(CC(O)CO)CC(C)(C)N(CC=C)CC(O)CO. The molecule has 0 bridgehead atoms. The molecule has 2 atom stereocenters. The molecule has 6 nitrogen and oxygen atoms in total. The number of aliphatic hydroxyl groups excluding tert-OH is 4. The van der Waals surface area contributed by atoms with E-state index in [2.05, 4.69) is 13.2 Å². The molecule has 22 heavy (non-hydrogen) atoms. The van der Waals surface area contributed by atoms with E-state index in [4.69, 9.17) is 10.2 Å². The first-order valence-corrected chi connectivity index (χ1v) is 7.57. The minimum atomic E-state index is -0.810. The first kappa shape index (κ1) is 21.2. The van der Waals surface area contributed by atoms with E-state index >= 15 is 0 Å². The average Bonchev–Trinajstić information content (AvgIpc) is 2.46. The maximum atomic E-state index is 9.71. The standard InChI is InChI=1S/C16H32N2O4/c1-5-7-17(9-14(21)11-19)13-16(3,4)18(8-6-2)10-15(22)12-20/h5-6,14-15,19-22H,1-2,7-13H2,3-4H3.